The van der Waals surface area contributed by atoms with Crippen molar-refractivity contribution in [3.8, 4) is 11.5 Å². The first-order valence-corrected chi connectivity index (χ1v) is 9.31. The first-order chi connectivity index (χ1) is 13.4. The van der Waals surface area contributed by atoms with Crippen LogP contribution >= 0.6 is 23.8 Å². The number of rotatable bonds is 6. The highest BCUT2D eigenvalue weighted by Gasteiger charge is 2.29. The largest absolute Gasteiger partial charge is 0.493 e. The molecule has 0 spiro atoms. The van der Waals surface area contributed by atoms with Crippen molar-refractivity contribution >= 4 is 40.9 Å². The Kier molecular flexibility index (Phi) is 6.16. The number of methoxy groups -OCH3 is 1. The molecule has 2 aromatic carbocycles. The number of nitrogens with zero attached hydrogens (tertiary/aromatic N) is 1. The molecule has 1 aliphatic heterocycles. The molecule has 0 bridgehead atoms. The lowest BCUT2D eigenvalue weighted by molar-refractivity contribution is -0.122. The molecule has 1 aliphatic rings. The van der Waals surface area contributed by atoms with E-state index in [0.29, 0.717) is 39.4 Å². The Labute approximate surface area is 172 Å². The van der Waals surface area contributed by atoms with E-state index in [2.05, 4.69) is 5.32 Å². The Bertz CT molecular complexity index is 947. The SMILES string of the molecule is CCN1C(=O)/C(=C/c2cc(Cl)c(OCc3ccc(F)cc3)c(OC)c2)NC1=S. The van der Waals surface area contributed by atoms with E-state index in [4.69, 9.17) is 33.3 Å². The standard InChI is InChI=1S/C20H18ClFN2O3S/c1-3-24-19(25)16(23-20(24)28)9-13-8-15(21)18(17(10-13)26-2)27-11-12-4-6-14(22)7-5-12/h4-10H,3,11H2,1-2H3,(H,23,28)/b16-9-. The Balaban J connectivity index is 1.83. The first-order valence-electron chi connectivity index (χ1n) is 8.52. The van der Waals surface area contributed by atoms with Crippen molar-refractivity contribution in [3.63, 3.8) is 0 Å². The van der Waals surface area contributed by atoms with Gasteiger partial charge in [-0.05, 0) is 60.6 Å². The van der Waals surface area contributed by atoms with Crippen LogP contribution in [0, 0.1) is 5.82 Å². The van der Waals surface area contributed by atoms with Gasteiger partial charge in [-0.2, -0.15) is 0 Å². The zero-order chi connectivity index (χ0) is 20.3. The molecule has 28 heavy (non-hydrogen) atoms. The molecule has 0 saturated carbocycles. The number of thiocarbonyl (C=S) groups is 1. The summed E-state index contributed by atoms with van der Waals surface area (Å²) >= 11 is 11.5. The lowest BCUT2D eigenvalue weighted by atomic mass is 10.1. The van der Waals surface area contributed by atoms with E-state index < -0.39 is 0 Å². The zero-order valence-electron chi connectivity index (χ0n) is 15.3. The number of nitrogens with one attached hydrogen (secondary N) is 1. The second kappa shape index (κ2) is 8.58. The number of halogens is 2. The summed E-state index contributed by atoms with van der Waals surface area (Å²) in [6.45, 7) is 2.54. The highest BCUT2D eigenvalue weighted by atomic mass is 35.5. The minimum absolute atomic E-state index is 0.195. The number of likely N-dealkylation sites (N-methyl/N-ethyl adjacent to an activating group) is 1. The van der Waals surface area contributed by atoms with E-state index in [1.165, 1.54) is 24.1 Å². The van der Waals surface area contributed by atoms with Crippen molar-refractivity contribution in [1.29, 1.82) is 0 Å². The van der Waals surface area contributed by atoms with Crippen molar-refractivity contribution in [2.24, 2.45) is 0 Å². The van der Waals surface area contributed by atoms with Crippen LogP contribution in [0.25, 0.3) is 6.08 Å². The van der Waals surface area contributed by atoms with Gasteiger partial charge in [-0.15, -0.1) is 0 Å². The third kappa shape index (κ3) is 4.26. The van der Waals surface area contributed by atoms with Gasteiger partial charge in [0.05, 0.1) is 12.1 Å². The summed E-state index contributed by atoms with van der Waals surface area (Å²) in [5, 5.41) is 3.60. The molecule has 1 heterocycles. The normalized spacial score (nSPS) is 15.1. The number of amides is 1. The fraction of sp³-hybridized carbons (Fsp3) is 0.200. The Morgan fingerprint density at radius 2 is 2.00 bits per heavy atom. The smallest absolute Gasteiger partial charge is 0.276 e. The molecule has 1 N–H and O–H groups in total. The van der Waals surface area contributed by atoms with Crippen molar-refractivity contribution in [1.82, 2.24) is 10.2 Å². The summed E-state index contributed by atoms with van der Waals surface area (Å²) in [6.07, 6.45) is 1.66. The molecule has 3 rings (SSSR count). The average molecular weight is 421 g/mol. The third-order valence-electron chi connectivity index (χ3n) is 4.14. The van der Waals surface area contributed by atoms with Gasteiger partial charge in [0, 0.05) is 6.54 Å². The molecule has 1 amide bonds. The molecule has 0 aliphatic carbocycles. The van der Waals surface area contributed by atoms with Crippen LogP contribution in [0.4, 0.5) is 4.39 Å². The van der Waals surface area contributed by atoms with Crippen LogP contribution in [0.15, 0.2) is 42.1 Å². The van der Waals surface area contributed by atoms with E-state index in [1.54, 1.807) is 30.3 Å². The Hall–Kier alpha value is -2.64. The van der Waals surface area contributed by atoms with Crippen molar-refractivity contribution in [2.75, 3.05) is 13.7 Å². The van der Waals surface area contributed by atoms with Crippen LogP contribution < -0.4 is 14.8 Å². The molecule has 0 radical (unpaired) electrons. The monoisotopic (exact) mass is 420 g/mol. The number of carbonyl (C=O) groups is 1. The second-order valence-electron chi connectivity index (χ2n) is 5.99. The number of benzene rings is 2. The minimum atomic E-state index is -0.312. The molecule has 1 saturated heterocycles. The summed E-state index contributed by atoms with van der Waals surface area (Å²) in [7, 11) is 1.50. The summed E-state index contributed by atoms with van der Waals surface area (Å²) in [6, 6.07) is 9.38. The molecule has 146 valence electrons. The molecule has 1 fully saturated rings. The fourth-order valence-corrected chi connectivity index (χ4v) is 3.32. The number of hydrogen-bond donors (Lipinski definition) is 1. The van der Waals surface area contributed by atoms with E-state index in [0.717, 1.165) is 5.56 Å². The van der Waals surface area contributed by atoms with Crippen LogP contribution in [0.3, 0.4) is 0 Å². The number of ether oxygens (including phenoxy) is 2. The molecule has 0 unspecified atom stereocenters. The second-order valence-corrected chi connectivity index (χ2v) is 6.78. The van der Waals surface area contributed by atoms with Crippen LogP contribution in [-0.2, 0) is 11.4 Å². The topological polar surface area (TPSA) is 50.8 Å². The van der Waals surface area contributed by atoms with Gasteiger partial charge < -0.3 is 14.8 Å². The molecular formula is C20H18ClFN2O3S. The van der Waals surface area contributed by atoms with Gasteiger partial charge in [-0.1, -0.05) is 23.7 Å². The van der Waals surface area contributed by atoms with Crippen LogP contribution in [0.1, 0.15) is 18.1 Å². The summed E-state index contributed by atoms with van der Waals surface area (Å²) in [4.78, 5) is 13.8. The van der Waals surface area contributed by atoms with Gasteiger partial charge in [-0.3, -0.25) is 9.69 Å². The Morgan fingerprint density at radius 3 is 2.61 bits per heavy atom. The van der Waals surface area contributed by atoms with Gasteiger partial charge in [0.2, 0.25) is 0 Å². The zero-order valence-corrected chi connectivity index (χ0v) is 16.9. The maximum absolute atomic E-state index is 13.0. The Morgan fingerprint density at radius 1 is 1.29 bits per heavy atom. The third-order valence-corrected chi connectivity index (χ3v) is 4.74. The van der Waals surface area contributed by atoms with Gasteiger partial charge in [0.15, 0.2) is 16.6 Å². The summed E-state index contributed by atoms with van der Waals surface area (Å²) in [5.74, 6) is 0.279. The quantitative estimate of drug-likeness (QED) is 0.562. The minimum Gasteiger partial charge on any atom is -0.493 e. The van der Waals surface area contributed by atoms with Gasteiger partial charge in [0.1, 0.15) is 18.1 Å². The van der Waals surface area contributed by atoms with E-state index in [1.807, 2.05) is 6.92 Å². The maximum atomic E-state index is 13.0. The van der Waals surface area contributed by atoms with Gasteiger partial charge in [-0.25, -0.2) is 4.39 Å². The fourth-order valence-electron chi connectivity index (χ4n) is 2.72. The maximum Gasteiger partial charge on any atom is 0.276 e. The van der Waals surface area contributed by atoms with E-state index in [-0.39, 0.29) is 18.3 Å². The lowest BCUT2D eigenvalue weighted by Gasteiger charge is -2.13. The highest BCUT2D eigenvalue weighted by molar-refractivity contribution is 7.80. The van der Waals surface area contributed by atoms with Crippen LogP contribution in [-0.4, -0.2) is 29.6 Å². The van der Waals surface area contributed by atoms with Crippen LogP contribution in [0.2, 0.25) is 5.02 Å². The lowest BCUT2D eigenvalue weighted by Crippen LogP contribution is -2.30. The van der Waals surface area contributed by atoms with E-state index in [9.17, 15) is 9.18 Å². The molecule has 2 aromatic rings. The molecular weight excluding hydrogens is 403 g/mol. The predicted octanol–water partition coefficient (Wildman–Crippen LogP) is 4.14. The van der Waals surface area contributed by atoms with Crippen molar-refractivity contribution < 1.29 is 18.7 Å². The molecule has 0 aromatic heterocycles. The summed E-state index contributed by atoms with van der Waals surface area (Å²) < 4.78 is 24.2. The van der Waals surface area contributed by atoms with E-state index >= 15 is 0 Å². The van der Waals surface area contributed by atoms with Gasteiger partial charge >= 0.3 is 0 Å². The summed E-state index contributed by atoms with van der Waals surface area (Å²) in [5.41, 5.74) is 1.82. The molecule has 8 heteroatoms. The van der Waals surface area contributed by atoms with Crippen molar-refractivity contribution in [2.45, 2.75) is 13.5 Å². The van der Waals surface area contributed by atoms with Crippen molar-refractivity contribution in [3.05, 3.63) is 64.1 Å². The highest BCUT2D eigenvalue weighted by Crippen LogP contribution is 2.37. The average Bonchev–Trinajstić information content (AvgIpc) is 2.94. The molecule has 5 nitrogen and oxygen atoms in total. The number of carbonyl (C=O) groups excluding carboxylic acids is 1. The number of hydrogen-bond acceptors (Lipinski definition) is 4. The first kappa shape index (κ1) is 20.1. The predicted molar refractivity (Wildman–Crippen MR) is 110 cm³/mol. The molecule has 0 atom stereocenters. The van der Waals surface area contributed by atoms with Gasteiger partial charge in [0.25, 0.3) is 5.91 Å². The van der Waals surface area contributed by atoms with Crippen LogP contribution in [0.5, 0.6) is 11.5 Å².